The van der Waals surface area contributed by atoms with Crippen LogP contribution < -0.4 is 10.1 Å². The van der Waals surface area contributed by atoms with Crippen molar-refractivity contribution in [3.8, 4) is 5.75 Å². The number of sulfone groups is 1. The number of hydrogen-bond acceptors (Lipinski definition) is 5. The number of thioether (sulfide) groups is 1. The van der Waals surface area contributed by atoms with E-state index in [1.165, 1.54) is 11.8 Å². The van der Waals surface area contributed by atoms with Crippen LogP contribution in [0.5, 0.6) is 5.75 Å². The van der Waals surface area contributed by atoms with Gasteiger partial charge in [-0.05, 0) is 17.9 Å². The molecule has 5 nitrogen and oxygen atoms in total. The van der Waals surface area contributed by atoms with Crippen molar-refractivity contribution in [2.45, 2.75) is 11.7 Å². The highest BCUT2D eigenvalue weighted by molar-refractivity contribution is 8.02. The van der Waals surface area contributed by atoms with E-state index in [0.29, 0.717) is 19.6 Å². The third-order valence-electron chi connectivity index (χ3n) is 4.07. The normalized spacial score (nSPS) is 19.0. The second-order valence-electron chi connectivity index (χ2n) is 6.01. The Morgan fingerprint density at radius 1 is 1.20 bits per heavy atom. The van der Waals surface area contributed by atoms with E-state index >= 15 is 0 Å². The van der Waals surface area contributed by atoms with Gasteiger partial charge in [0.2, 0.25) is 5.91 Å². The van der Waals surface area contributed by atoms with Gasteiger partial charge in [-0.1, -0.05) is 36.4 Å². The maximum Gasteiger partial charge on any atom is 0.230 e. The van der Waals surface area contributed by atoms with Crippen LogP contribution in [0.3, 0.4) is 0 Å². The van der Waals surface area contributed by atoms with Gasteiger partial charge in [0.25, 0.3) is 0 Å². The van der Waals surface area contributed by atoms with Crippen LogP contribution in [-0.4, -0.2) is 50.0 Å². The molecule has 1 unspecified atom stereocenters. The van der Waals surface area contributed by atoms with Gasteiger partial charge in [0.15, 0.2) is 9.84 Å². The van der Waals surface area contributed by atoms with E-state index < -0.39 is 9.84 Å². The van der Waals surface area contributed by atoms with Crippen molar-refractivity contribution in [1.29, 1.82) is 0 Å². The molecule has 0 spiro atoms. The second kappa shape index (κ2) is 8.10. The maximum atomic E-state index is 11.8. The monoisotopic (exact) mass is 379 g/mol. The van der Waals surface area contributed by atoms with E-state index in [1.807, 2.05) is 42.5 Å². The first kappa shape index (κ1) is 18.1. The standard InChI is InChI=1S/C18H21NO4S2/c20-18(12-24-15-8-11-25(21,22)13-15)19-9-10-23-17-7-3-5-14-4-1-2-6-16(14)17/h1-7,15H,8-13H2,(H,19,20). The average molecular weight is 380 g/mol. The van der Waals surface area contributed by atoms with Gasteiger partial charge in [-0.25, -0.2) is 8.42 Å². The molecule has 0 radical (unpaired) electrons. The van der Waals surface area contributed by atoms with Crippen molar-refractivity contribution in [2.24, 2.45) is 0 Å². The zero-order valence-electron chi connectivity index (χ0n) is 13.8. The molecule has 2 aromatic rings. The summed E-state index contributed by atoms with van der Waals surface area (Å²) >= 11 is 1.42. The first-order chi connectivity index (χ1) is 12.0. The topological polar surface area (TPSA) is 72.5 Å². The summed E-state index contributed by atoms with van der Waals surface area (Å²) in [5.74, 6) is 1.43. The predicted octanol–water partition coefficient (Wildman–Crippen LogP) is 2.26. The summed E-state index contributed by atoms with van der Waals surface area (Å²) in [7, 11) is -2.89. The van der Waals surface area contributed by atoms with Gasteiger partial charge in [-0.2, -0.15) is 0 Å². The van der Waals surface area contributed by atoms with E-state index in [1.54, 1.807) is 0 Å². The summed E-state index contributed by atoms with van der Waals surface area (Å²) in [6.45, 7) is 0.813. The molecule has 1 heterocycles. The highest BCUT2D eigenvalue weighted by Crippen LogP contribution is 2.25. The maximum absolute atomic E-state index is 11.8. The van der Waals surface area contributed by atoms with E-state index in [2.05, 4.69) is 5.32 Å². The molecule has 1 fully saturated rings. The summed E-state index contributed by atoms with van der Waals surface area (Å²) in [6.07, 6.45) is 0.643. The number of amides is 1. The fourth-order valence-electron chi connectivity index (χ4n) is 2.81. The van der Waals surface area contributed by atoms with Crippen molar-refractivity contribution >= 4 is 38.3 Å². The van der Waals surface area contributed by atoms with Crippen LogP contribution in [-0.2, 0) is 14.6 Å². The minimum atomic E-state index is -2.89. The van der Waals surface area contributed by atoms with Crippen molar-refractivity contribution in [2.75, 3.05) is 30.4 Å². The van der Waals surface area contributed by atoms with Crippen LogP contribution >= 0.6 is 11.8 Å². The third kappa shape index (κ3) is 5.12. The number of carbonyl (C=O) groups excluding carboxylic acids is 1. The first-order valence-corrected chi connectivity index (χ1v) is 11.1. The number of rotatable bonds is 7. The molecule has 0 bridgehead atoms. The van der Waals surface area contributed by atoms with Crippen LogP contribution in [0.2, 0.25) is 0 Å². The Kier molecular flexibility index (Phi) is 5.86. The molecule has 1 aliphatic rings. The van der Waals surface area contributed by atoms with E-state index in [4.69, 9.17) is 4.74 Å². The second-order valence-corrected chi connectivity index (χ2v) is 9.53. The summed E-state index contributed by atoms with van der Waals surface area (Å²) in [5, 5.41) is 5.02. The van der Waals surface area contributed by atoms with E-state index in [9.17, 15) is 13.2 Å². The molecule has 1 saturated heterocycles. The zero-order valence-corrected chi connectivity index (χ0v) is 15.4. The lowest BCUT2D eigenvalue weighted by molar-refractivity contribution is -0.118. The van der Waals surface area contributed by atoms with Gasteiger partial charge < -0.3 is 10.1 Å². The number of fused-ring (bicyclic) bond motifs is 1. The van der Waals surface area contributed by atoms with Crippen molar-refractivity contribution in [3.63, 3.8) is 0 Å². The molecule has 25 heavy (non-hydrogen) atoms. The molecule has 7 heteroatoms. The van der Waals surface area contributed by atoms with E-state index in [-0.39, 0.29) is 28.4 Å². The highest BCUT2D eigenvalue weighted by Gasteiger charge is 2.28. The Morgan fingerprint density at radius 3 is 2.80 bits per heavy atom. The van der Waals surface area contributed by atoms with Crippen LogP contribution in [0.15, 0.2) is 42.5 Å². The van der Waals surface area contributed by atoms with Crippen LogP contribution in [0.4, 0.5) is 0 Å². The number of nitrogens with one attached hydrogen (secondary N) is 1. The average Bonchev–Trinajstić information content (AvgIpc) is 2.96. The Labute approximate surface area is 152 Å². The Balaban J connectivity index is 1.39. The molecule has 1 atom stereocenters. The van der Waals surface area contributed by atoms with Crippen LogP contribution in [0.25, 0.3) is 10.8 Å². The SMILES string of the molecule is O=C(CSC1CCS(=O)(=O)C1)NCCOc1cccc2ccccc12. The fourth-order valence-corrected chi connectivity index (χ4v) is 6.28. The quantitative estimate of drug-likeness (QED) is 0.747. The molecular weight excluding hydrogens is 358 g/mol. The molecule has 1 amide bonds. The lowest BCUT2D eigenvalue weighted by Crippen LogP contribution is -2.30. The highest BCUT2D eigenvalue weighted by atomic mass is 32.2. The van der Waals surface area contributed by atoms with Crippen molar-refractivity contribution in [1.82, 2.24) is 5.32 Å². The zero-order chi connectivity index (χ0) is 17.7. The van der Waals surface area contributed by atoms with Gasteiger partial charge in [0, 0.05) is 10.6 Å². The van der Waals surface area contributed by atoms with Gasteiger partial charge in [-0.3, -0.25) is 4.79 Å². The lowest BCUT2D eigenvalue weighted by atomic mass is 10.1. The predicted molar refractivity (Wildman–Crippen MR) is 102 cm³/mol. The summed E-state index contributed by atoms with van der Waals surface area (Å²) in [6, 6.07) is 13.9. The molecule has 2 aromatic carbocycles. The molecule has 0 aliphatic carbocycles. The number of benzene rings is 2. The minimum absolute atomic E-state index is 0.0442. The van der Waals surface area contributed by atoms with E-state index in [0.717, 1.165) is 16.5 Å². The van der Waals surface area contributed by atoms with Gasteiger partial charge in [0.05, 0.1) is 23.8 Å². The Bertz CT molecular complexity index is 846. The molecule has 134 valence electrons. The van der Waals surface area contributed by atoms with Gasteiger partial charge in [0.1, 0.15) is 12.4 Å². The molecule has 1 aliphatic heterocycles. The lowest BCUT2D eigenvalue weighted by Gasteiger charge is -2.11. The van der Waals surface area contributed by atoms with Gasteiger partial charge in [-0.15, -0.1) is 11.8 Å². The molecular formula is C18H21NO4S2. The van der Waals surface area contributed by atoms with Crippen molar-refractivity contribution in [3.05, 3.63) is 42.5 Å². The molecule has 3 rings (SSSR count). The molecule has 1 N–H and O–H groups in total. The summed E-state index contributed by atoms with van der Waals surface area (Å²) in [5.41, 5.74) is 0. The number of hydrogen-bond donors (Lipinski definition) is 1. The minimum Gasteiger partial charge on any atom is -0.491 e. The Morgan fingerprint density at radius 2 is 2.00 bits per heavy atom. The first-order valence-electron chi connectivity index (χ1n) is 8.23. The summed E-state index contributed by atoms with van der Waals surface area (Å²) < 4.78 is 28.6. The fraction of sp³-hybridized carbons (Fsp3) is 0.389. The van der Waals surface area contributed by atoms with Crippen molar-refractivity contribution < 1.29 is 17.9 Å². The largest absolute Gasteiger partial charge is 0.491 e. The third-order valence-corrected chi connectivity index (χ3v) is 7.35. The number of carbonyl (C=O) groups is 1. The number of ether oxygens (including phenoxy) is 1. The smallest absolute Gasteiger partial charge is 0.230 e. The molecule has 0 saturated carbocycles. The van der Waals surface area contributed by atoms with Gasteiger partial charge >= 0.3 is 0 Å². The Hall–Kier alpha value is -1.73. The van der Waals surface area contributed by atoms with Crippen LogP contribution in [0.1, 0.15) is 6.42 Å². The molecule has 0 aromatic heterocycles. The van der Waals surface area contributed by atoms with Crippen LogP contribution in [0, 0.1) is 0 Å². The summed E-state index contributed by atoms with van der Waals surface area (Å²) in [4.78, 5) is 11.8.